The van der Waals surface area contributed by atoms with E-state index in [-0.39, 0.29) is 11.1 Å². The molecule has 1 fully saturated rings. The Morgan fingerprint density at radius 3 is 2.05 bits per heavy atom. The molecule has 1 aliphatic carbocycles. The number of carbonyl (C=O) groups excluding carboxylic acids is 1. The van der Waals surface area contributed by atoms with E-state index in [1.54, 1.807) is 0 Å². The second-order valence-electron chi connectivity index (χ2n) is 6.91. The van der Waals surface area contributed by atoms with E-state index in [1.165, 1.54) is 6.42 Å². The molecule has 1 aromatic carbocycles. The normalized spacial score (nSPS) is 18.6. The summed E-state index contributed by atoms with van der Waals surface area (Å²) in [7, 11) is -1.49. The topological polar surface area (TPSA) is 29.1 Å². The Morgan fingerprint density at radius 2 is 1.68 bits per heavy atom. The van der Waals surface area contributed by atoms with Crippen molar-refractivity contribution in [2.24, 2.45) is 0 Å². The van der Waals surface area contributed by atoms with Crippen molar-refractivity contribution < 1.29 is 4.79 Å². The van der Waals surface area contributed by atoms with Crippen LogP contribution in [0.4, 0.5) is 5.69 Å². The van der Waals surface area contributed by atoms with Gasteiger partial charge in [0.25, 0.3) is 0 Å². The van der Waals surface area contributed by atoms with E-state index >= 15 is 0 Å². The number of aryl methyl sites for hydroxylation is 2. The monoisotopic (exact) mass is 279 g/mol. The first-order valence-electron chi connectivity index (χ1n) is 7.16. The van der Waals surface area contributed by atoms with Crippen LogP contribution in [0.1, 0.15) is 30.4 Å². The van der Waals surface area contributed by atoms with Crippen LogP contribution in [0.25, 0.3) is 0 Å². The predicted octanol–water partition coefficient (Wildman–Crippen LogP) is 3.80. The van der Waals surface area contributed by atoms with Crippen molar-refractivity contribution >= 4 is 18.9 Å². The van der Waals surface area contributed by atoms with E-state index < -0.39 is 7.26 Å². The Balaban J connectivity index is 2.27. The summed E-state index contributed by atoms with van der Waals surface area (Å²) in [6.07, 6.45) is 3.34. The SMILES string of the molecule is Cc1cccc(C)c1NC(=O)C1([PH](C)(C)C)CCC1. The molecule has 0 unspecified atom stereocenters. The molecule has 19 heavy (non-hydrogen) atoms. The van der Waals surface area contributed by atoms with Crippen molar-refractivity contribution in [1.82, 2.24) is 0 Å². The van der Waals surface area contributed by atoms with Crippen LogP contribution in [0.2, 0.25) is 0 Å². The zero-order valence-electron chi connectivity index (χ0n) is 12.8. The first kappa shape index (κ1) is 14.5. The van der Waals surface area contributed by atoms with Gasteiger partial charge in [-0.25, -0.2) is 0 Å². The number of hydrogen-bond acceptors (Lipinski definition) is 1. The second kappa shape index (κ2) is 4.90. The van der Waals surface area contributed by atoms with Crippen LogP contribution < -0.4 is 5.32 Å². The quantitative estimate of drug-likeness (QED) is 0.838. The molecule has 106 valence electrons. The Labute approximate surface area is 117 Å². The molecule has 2 nitrogen and oxygen atoms in total. The third kappa shape index (κ3) is 2.43. The van der Waals surface area contributed by atoms with E-state index in [2.05, 4.69) is 51.3 Å². The summed E-state index contributed by atoms with van der Waals surface area (Å²) in [5, 5.41) is 3.17. The molecule has 0 heterocycles. The van der Waals surface area contributed by atoms with Gasteiger partial charge in [-0.15, -0.1) is 0 Å². The average Bonchev–Trinajstić information content (AvgIpc) is 2.19. The molecule has 0 saturated heterocycles. The van der Waals surface area contributed by atoms with Gasteiger partial charge in [0, 0.05) is 0 Å². The van der Waals surface area contributed by atoms with E-state index in [0.717, 1.165) is 29.7 Å². The minimum atomic E-state index is -1.49. The van der Waals surface area contributed by atoms with Crippen LogP contribution in [0.3, 0.4) is 0 Å². The van der Waals surface area contributed by atoms with Gasteiger partial charge >= 0.3 is 117 Å². The fraction of sp³-hybridized carbons (Fsp3) is 0.562. The number of para-hydroxylation sites is 1. The average molecular weight is 279 g/mol. The zero-order valence-corrected chi connectivity index (χ0v) is 13.8. The molecular formula is C16H26NOP. The summed E-state index contributed by atoms with van der Waals surface area (Å²) >= 11 is 0. The van der Waals surface area contributed by atoms with Crippen molar-refractivity contribution in [3.63, 3.8) is 0 Å². The van der Waals surface area contributed by atoms with Gasteiger partial charge in [0.2, 0.25) is 0 Å². The van der Waals surface area contributed by atoms with E-state index in [4.69, 9.17) is 0 Å². The van der Waals surface area contributed by atoms with Gasteiger partial charge in [0.05, 0.1) is 0 Å². The van der Waals surface area contributed by atoms with Crippen LogP contribution in [-0.2, 0) is 4.79 Å². The minimum absolute atomic E-state index is 0.0538. The fourth-order valence-electron chi connectivity index (χ4n) is 3.09. The number of anilines is 1. The van der Waals surface area contributed by atoms with Gasteiger partial charge in [-0.05, 0) is 0 Å². The third-order valence-corrected chi connectivity index (χ3v) is 8.40. The molecule has 1 aromatic rings. The second-order valence-corrected chi connectivity index (χ2v) is 12.4. The molecule has 1 N–H and O–H groups in total. The molecular weight excluding hydrogens is 253 g/mol. The predicted molar refractivity (Wildman–Crippen MR) is 87.2 cm³/mol. The van der Waals surface area contributed by atoms with Crippen LogP contribution >= 0.6 is 7.26 Å². The molecule has 0 aromatic heterocycles. The van der Waals surface area contributed by atoms with E-state index in [1.807, 2.05) is 6.07 Å². The van der Waals surface area contributed by atoms with Crippen LogP contribution in [0.15, 0.2) is 18.2 Å². The van der Waals surface area contributed by atoms with Gasteiger partial charge in [0.1, 0.15) is 0 Å². The number of rotatable bonds is 3. The van der Waals surface area contributed by atoms with Gasteiger partial charge < -0.3 is 0 Å². The summed E-state index contributed by atoms with van der Waals surface area (Å²) in [4.78, 5) is 12.8. The number of amides is 1. The first-order valence-corrected chi connectivity index (χ1v) is 10.7. The zero-order chi connectivity index (χ0) is 14.3. The third-order valence-electron chi connectivity index (χ3n) is 4.80. The van der Waals surface area contributed by atoms with Crippen molar-refractivity contribution in [1.29, 1.82) is 0 Å². The van der Waals surface area contributed by atoms with E-state index in [0.29, 0.717) is 0 Å². The molecule has 3 heteroatoms. The molecule has 0 radical (unpaired) electrons. The Hall–Kier alpha value is -0.880. The molecule has 0 spiro atoms. The maximum absolute atomic E-state index is 12.8. The Bertz CT molecular complexity index is 478. The summed E-state index contributed by atoms with van der Waals surface area (Å²) in [6, 6.07) is 6.16. The van der Waals surface area contributed by atoms with Gasteiger partial charge in [-0.1, -0.05) is 0 Å². The van der Waals surface area contributed by atoms with Crippen LogP contribution in [0, 0.1) is 13.8 Å². The summed E-state index contributed by atoms with van der Waals surface area (Å²) in [5.74, 6) is 0.260. The van der Waals surface area contributed by atoms with Gasteiger partial charge in [0.15, 0.2) is 0 Å². The fourth-order valence-corrected chi connectivity index (χ4v) is 5.69. The molecule has 1 amide bonds. The van der Waals surface area contributed by atoms with Crippen molar-refractivity contribution in [3.05, 3.63) is 29.3 Å². The Kier molecular flexibility index (Phi) is 3.75. The molecule has 0 atom stereocenters. The van der Waals surface area contributed by atoms with Crippen molar-refractivity contribution in [2.75, 3.05) is 25.3 Å². The van der Waals surface area contributed by atoms with Crippen LogP contribution in [-0.4, -0.2) is 31.1 Å². The standard InChI is InChI=1S/C16H26NOP/c1-12-8-6-9-13(2)14(12)17-15(18)16(10-7-11-16)19(3,4)5/h6,8-9,19H,7,10-11H2,1-5H3,(H,17,18). The molecule has 1 aliphatic rings. The van der Waals surface area contributed by atoms with Crippen molar-refractivity contribution in [3.8, 4) is 0 Å². The number of nitrogens with one attached hydrogen (secondary N) is 1. The number of hydrogen-bond donors (Lipinski definition) is 1. The van der Waals surface area contributed by atoms with E-state index in [9.17, 15) is 4.79 Å². The summed E-state index contributed by atoms with van der Waals surface area (Å²) in [6.45, 7) is 11.1. The van der Waals surface area contributed by atoms with Gasteiger partial charge in [-0.2, -0.15) is 0 Å². The summed E-state index contributed by atoms with van der Waals surface area (Å²) in [5.41, 5.74) is 3.31. The molecule has 2 rings (SSSR count). The first-order chi connectivity index (χ1) is 8.78. The van der Waals surface area contributed by atoms with Crippen molar-refractivity contribution in [2.45, 2.75) is 38.3 Å². The maximum atomic E-state index is 12.8. The summed E-state index contributed by atoms with van der Waals surface area (Å²) < 4.78 is 0. The van der Waals surface area contributed by atoms with Crippen LogP contribution in [0.5, 0.6) is 0 Å². The Morgan fingerprint density at radius 1 is 1.16 bits per heavy atom. The number of carbonyl (C=O) groups is 1. The number of benzene rings is 1. The molecule has 0 aliphatic heterocycles. The molecule has 0 bridgehead atoms. The molecule has 1 saturated carbocycles. The van der Waals surface area contributed by atoms with Gasteiger partial charge in [-0.3, -0.25) is 0 Å².